The van der Waals surface area contributed by atoms with Gasteiger partial charge in [0, 0.05) is 12.2 Å². The first kappa shape index (κ1) is 14.6. The fourth-order valence-electron chi connectivity index (χ4n) is 4.50. The predicted octanol–water partition coefficient (Wildman–Crippen LogP) is 3.26. The van der Waals surface area contributed by atoms with Crippen molar-refractivity contribution in [2.45, 2.75) is 46.1 Å². The number of amides is 1. The highest BCUT2D eigenvalue weighted by Gasteiger charge is 2.59. The first-order valence-corrected chi connectivity index (χ1v) is 7.84. The third-order valence-electron chi connectivity index (χ3n) is 5.67. The molecule has 3 rings (SSSR count). The van der Waals surface area contributed by atoms with Crippen LogP contribution in [0.2, 0.25) is 5.02 Å². The van der Waals surface area contributed by atoms with Crippen molar-refractivity contribution < 1.29 is 4.79 Å². The summed E-state index contributed by atoms with van der Waals surface area (Å²) in [5.41, 5.74) is 6.38. The van der Waals surface area contributed by atoms with E-state index in [2.05, 4.69) is 31.1 Å². The highest BCUT2D eigenvalue weighted by atomic mass is 35.5. The number of fused-ring (bicyclic) bond motifs is 2. The Morgan fingerprint density at radius 3 is 2.81 bits per heavy atom. The molecule has 2 fully saturated rings. The summed E-state index contributed by atoms with van der Waals surface area (Å²) in [6, 6.07) is 1.71. The molecule has 2 aliphatic rings. The van der Waals surface area contributed by atoms with Crippen molar-refractivity contribution in [1.29, 1.82) is 0 Å². The summed E-state index contributed by atoms with van der Waals surface area (Å²) in [6.07, 6.45) is 5.06. The molecule has 4 nitrogen and oxygen atoms in total. The van der Waals surface area contributed by atoms with Gasteiger partial charge < -0.3 is 11.1 Å². The van der Waals surface area contributed by atoms with Gasteiger partial charge in [-0.3, -0.25) is 4.79 Å². The minimum atomic E-state index is -0.152. The first-order valence-electron chi connectivity index (χ1n) is 7.46. The third kappa shape index (κ3) is 2.20. The van der Waals surface area contributed by atoms with E-state index in [1.807, 2.05) is 0 Å². The topological polar surface area (TPSA) is 68.0 Å². The normalized spacial score (nSPS) is 33.1. The van der Waals surface area contributed by atoms with E-state index in [1.54, 1.807) is 6.07 Å². The van der Waals surface area contributed by atoms with Gasteiger partial charge in [0.05, 0.1) is 10.6 Å². The van der Waals surface area contributed by atoms with E-state index in [0.717, 1.165) is 0 Å². The van der Waals surface area contributed by atoms with Gasteiger partial charge in [-0.15, -0.1) is 0 Å². The lowest BCUT2D eigenvalue weighted by atomic mass is 9.68. The van der Waals surface area contributed by atoms with E-state index in [1.165, 1.54) is 25.5 Å². The van der Waals surface area contributed by atoms with Crippen molar-refractivity contribution in [3.8, 4) is 0 Å². The Labute approximate surface area is 130 Å². The highest BCUT2D eigenvalue weighted by Crippen LogP contribution is 2.62. The van der Waals surface area contributed by atoms with E-state index < -0.39 is 0 Å². The molecule has 21 heavy (non-hydrogen) atoms. The molecule has 1 aromatic rings. The summed E-state index contributed by atoms with van der Waals surface area (Å²) < 4.78 is 0. The molecular weight excluding hydrogens is 286 g/mol. The summed E-state index contributed by atoms with van der Waals surface area (Å²) in [5.74, 6) is 0.842. The molecule has 3 atom stereocenters. The summed E-state index contributed by atoms with van der Waals surface area (Å²) in [6.45, 7) is 6.81. The zero-order valence-corrected chi connectivity index (χ0v) is 13.5. The molecule has 1 aromatic heterocycles. The van der Waals surface area contributed by atoms with Crippen molar-refractivity contribution in [3.05, 3.63) is 22.8 Å². The number of nitrogens with two attached hydrogens (primary N) is 1. The Hall–Kier alpha value is -1.29. The van der Waals surface area contributed by atoms with Crippen LogP contribution in [0.25, 0.3) is 0 Å². The van der Waals surface area contributed by atoms with Crippen molar-refractivity contribution in [2.75, 3.05) is 5.73 Å². The Morgan fingerprint density at radius 2 is 2.19 bits per heavy atom. The van der Waals surface area contributed by atoms with Gasteiger partial charge >= 0.3 is 0 Å². The lowest BCUT2D eigenvalue weighted by molar-refractivity contribution is 0.0737. The molecule has 0 saturated heterocycles. The first-order chi connectivity index (χ1) is 9.74. The second-order valence-corrected chi connectivity index (χ2v) is 7.82. The van der Waals surface area contributed by atoms with Gasteiger partial charge in [0.1, 0.15) is 5.82 Å². The Balaban J connectivity index is 1.86. The summed E-state index contributed by atoms with van der Waals surface area (Å²) in [4.78, 5) is 16.5. The minimum absolute atomic E-state index is 0.119. The molecule has 2 aliphatic carbocycles. The quantitative estimate of drug-likeness (QED) is 0.881. The van der Waals surface area contributed by atoms with Crippen LogP contribution in [0, 0.1) is 16.7 Å². The largest absolute Gasteiger partial charge is 0.384 e. The second-order valence-electron chi connectivity index (χ2n) is 7.41. The maximum Gasteiger partial charge on any atom is 0.253 e. The maximum atomic E-state index is 12.6. The maximum absolute atomic E-state index is 12.6. The van der Waals surface area contributed by atoms with Crippen LogP contribution >= 0.6 is 11.6 Å². The number of rotatable bonds is 2. The van der Waals surface area contributed by atoms with Crippen LogP contribution in [0.15, 0.2) is 12.3 Å². The van der Waals surface area contributed by atoms with Gasteiger partial charge in [0.25, 0.3) is 5.91 Å². The number of halogens is 1. The summed E-state index contributed by atoms with van der Waals surface area (Å²) in [7, 11) is 0. The summed E-state index contributed by atoms with van der Waals surface area (Å²) >= 11 is 6.08. The van der Waals surface area contributed by atoms with Crippen molar-refractivity contribution in [3.63, 3.8) is 0 Å². The number of hydrogen-bond acceptors (Lipinski definition) is 3. The van der Waals surface area contributed by atoms with Crippen LogP contribution in [0.5, 0.6) is 0 Å². The number of nitrogens with zero attached hydrogens (tertiary/aromatic N) is 1. The highest BCUT2D eigenvalue weighted by molar-refractivity contribution is 6.33. The van der Waals surface area contributed by atoms with Crippen LogP contribution in [0.3, 0.4) is 0 Å². The number of nitrogens with one attached hydrogen (secondary N) is 1. The number of aromatic nitrogens is 1. The van der Waals surface area contributed by atoms with Crippen molar-refractivity contribution in [2.24, 2.45) is 16.7 Å². The van der Waals surface area contributed by atoms with Crippen LogP contribution in [-0.2, 0) is 0 Å². The number of nitrogen functional groups attached to an aromatic ring is 1. The van der Waals surface area contributed by atoms with Crippen molar-refractivity contribution >= 4 is 23.3 Å². The van der Waals surface area contributed by atoms with E-state index in [-0.39, 0.29) is 22.8 Å². The average molecular weight is 308 g/mol. The fourth-order valence-corrected chi connectivity index (χ4v) is 4.69. The zero-order valence-electron chi connectivity index (χ0n) is 12.7. The average Bonchev–Trinajstić information content (AvgIpc) is 2.88. The van der Waals surface area contributed by atoms with Gasteiger partial charge in [0.15, 0.2) is 0 Å². The molecule has 0 spiro atoms. The van der Waals surface area contributed by atoms with E-state index >= 15 is 0 Å². The molecule has 0 aliphatic heterocycles. The van der Waals surface area contributed by atoms with Gasteiger partial charge in [-0.1, -0.05) is 32.4 Å². The molecule has 0 radical (unpaired) electrons. The van der Waals surface area contributed by atoms with Crippen LogP contribution in [-0.4, -0.2) is 16.9 Å². The number of anilines is 1. The molecule has 2 bridgehead atoms. The standard InChI is InChI=1S/C16H22ClN3O/c1-15(2)9-4-5-16(3,7-9)14(15)20-13(21)10-6-12(18)19-8-11(10)17/h6,8-9,14H,4-5,7H2,1-3H3,(H2,18,19)(H,20,21). The molecular formula is C16H22ClN3O. The van der Waals surface area contributed by atoms with Gasteiger partial charge in [-0.25, -0.2) is 4.98 Å². The lowest BCUT2D eigenvalue weighted by Gasteiger charge is -2.43. The molecule has 0 aromatic carbocycles. The Bertz CT molecular complexity index is 596. The Kier molecular flexibility index (Phi) is 3.21. The number of hydrogen-bond donors (Lipinski definition) is 2. The second kappa shape index (κ2) is 4.60. The number of carbonyl (C=O) groups is 1. The SMILES string of the molecule is CC12CCC(C1)C(C)(C)C2NC(=O)c1cc(N)ncc1Cl. The van der Waals surface area contributed by atoms with E-state index in [9.17, 15) is 4.79 Å². The van der Waals surface area contributed by atoms with Crippen molar-refractivity contribution in [1.82, 2.24) is 10.3 Å². The molecule has 3 N–H and O–H groups in total. The van der Waals surface area contributed by atoms with Gasteiger partial charge in [-0.05, 0) is 42.1 Å². The lowest BCUT2D eigenvalue weighted by Crippen LogP contribution is -2.52. The monoisotopic (exact) mass is 307 g/mol. The third-order valence-corrected chi connectivity index (χ3v) is 5.97. The summed E-state index contributed by atoms with van der Waals surface area (Å²) in [5, 5.41) is 3.56. The molecule has 2 saturated carbocycles. The molecule has 1 heterocycles. The Morgan fingerprint density at radius 1 is 1.48 bits per heavy atom. The van der Waals surface area contributed by atoms with Gasteiger partial charge in [0.2, 0.25) is 0 Å². The van der Waals surface area contributed by atoms with E-state index in [4.69, 9.17) is 17.3 Å². The minimum Gasteiger partial charge on any atom is -0.384 e. The number of pyridine rings is 1. The van der Waals surface area contributed by atoms with Crippen LogP contribution in [0.1, 0.15) is 50.4 Å². The zero-order chi connectivity index (χ0) is 15.4. The molecule has 5 heteroatoms. The predicted molar refractivity (Wildman–Crippen MR) is 84.1 cm³/mol. The van der Waals surface area contributed by atoms with Crippen LogP contribution < -0.4 is 11.1 Å². The van der Waals surface area contributed by atoms with Crippen LogP contribution in [0.4, 0.5) is 5.82 Å². The molecule has 1 amide bonds. The molecule has 3 unspecified atom stereocenters. The van der Waals surface area contributed by atoms with Gasteiger partial charge in [-0.2, -0.15) is 0 Å². The number of carbonyl (C=O) groups excluding carboxylic acids is 1. The van der Waals surface area contributed by atoms with E-state index in [0.29, 0.717) is 22.3 Å². The fraction of sp³-hybridized carbons (Fsp3) is 0.625. The molecule has 114 valence electrons. The smallest absolute Gasteiger partial charge is 0.253 e.